The summed E-state index contributed by atoms with van der Waals surface area (Å²) in [6.45, 7) is -0.0251. The van der Waals surface area contributed by atoms with Gasteiger partial charge in [0.25, 0.3) is 5.91 Å². The van der Waals surface area contributed by atoms with Crippen LogP contribution in [-0.4, -0.2) is 24.1 Å². The zero-order valence-corrected chi connectivity index (χ0v) is 12.2. The highest BCUT2D eigenvalue weighted by molar-refractivity contribution is 6.09. The Balaban J connectivity index is 1.90. The molecule has 0 saturated carbocycles. The fourth-order valence-corrected chi connectivity index (χ4v) is 2.30. The van der Waals surface area contributed by atoms with Crippen LogP contribution in [0.25, 0.3) is 6.08 Å². The van der Waals surface area contributed by atoms with Crippen LogP contribution in [0, 0.1) is 0 Å². The predicted octanol–water partition coefficient (Wildman–Crippen LogP) is 1.50. The Morgan fingerprint density at radius 2 is 1.70 bits per heavy atom. The van der Waals surface area contributed by atoms with Crippen molar-refractivity contribution in [3.05, 3.63) is 77.0 Å². The van der Waals surface area contributed by atoms with E-state index < -0.39 is 0 Å². The quantitative estimate of drug-likeness (QED) is 0.666. The molecule has 114 valence electrons. The summed E-state index contributed by atoms with van der Waals surface area (Å²) in [5.41, 5.74) is 1.96. The summed E-state index contributed by atoms with van der Waals surface area (Å²) in [6, 6.07) is 15.9. The van der Waals surface area contributed by atoms with E-state index in [1.807, 2.05) is 6.07 Å². The number of carbonyl (C=O) groups excluding carboxylic acids is 3. The van der Waals surface area contributed by atoms with Crippen LogP contribution in [0.4, 0.5) is 0 Å². The molecule has 23 heavy (non-hydrogen) atoms. The first-order valence-electron chi connectivity index (χ1n) is 7.13. The Hall–Kier alpha value is -3.21. The maximum Gasteiger partial charge on any atom is 0.268 e. The number of amides is 2. The lowest BCUT2D eigenvalue weighted by Gasteiger charge is -2.15. The van der Waals surface area contributed by atoms with E-state index in [4.69, 9.17) is 0 Å². The third kappa shape index (κ3) is 3.35. The van der Waals surface area contributed by atoms with Gasteiger partial charge in [-0.25, -0.2) is 0 Å². The van der Waals surface area contributed by atoms with Crippen molar-refractivity contribution < 1.29 is 14.4 Å². The van der Waals surface area contributed by atoms with Crippen molar-refractivity contribution in [2.24, 2.45) is 0 Å². The fourth-order valence-electron chi connectivity index (χ4n) is 2.30. The standard InChI is InChI=1S/C18H14N2O3/c21-16-11-19-18(23)15(20-16)10-12-5-4-8-14(9-12)17(22)13-6-2-1-3-7-13/h1-10H,11H2,(H,19,23)(H,20,21)/b15-10-. The largest absolute Gasteiger partial charge is 0.342 e. The Kier molecular flexibility index (Phi) is 4.01. The summed E-state index contributed by atoms with van der Waals surface area (Å²) in [5.74, 6) is -0.709. The smallest absolute Gasteiger partial charge is 0.268 e. The fraction of sp³-hybridized carbons (Fsp3) is 0.0556. The molecule has 0 radical (unpaired) electrons. The van der Waals surface area contributed by atoms with Gasteiger partial charge in [-0.1, -0.05) is 48.5 Å². The van der Waals surface area contributed by atoms with Crippen molar-refractivity contribution in [3.63, 3.8) is 0 Å². The second-order valence-electron chi connectivity index (χ2n) is 5.11. The third-order valence-electron chi connectivity index (χ3n) is 3.42. The second kappa shape index (κ2) is 6.27. The maximum absolute atomic E-state index is 12.4. The normalized spacial score (nSPS) is 15.9. The van der Waals surface area contributed by atoms with Gasteiger partial charge in [0.15, 0.2) is 5.78 Å². The first kappa shape index (κ1) is 14.7. The molecule has 0 atom stereocenters. The van der Waals surface area contributed by atoms with E-state index in [9.17, 15) is 14.4 Å². The summed E-state index contributed by atoms with van der Waals surface area (Å²) in [5, 5.41) is 5.00. The second-order valence-corrected chi connectivity index (χ2v) is 5.11. The van der Waals surface area contributed by atoms with Crippen molar-refractivity contribution in [1.82, 2.24) is 10.6 Å². The van der Waals surface area contributed by atoms with Gasteiger partial charge in [-0.3, -0.25) is 14.4 Å². The molecule has 1 aliphatic rings. The summed E-state index contributed by atoms with van der Waals surface area (Å²) in [7, 11) is 0. The summed E-state index contributed by atoms with van der Waals surface area (Å²) < 4.78 is 0. The van der Waals surface area contributed by atoms with Gasteiger partial charge in [-0.15, -0.1) is 0 Å². The zero-order chi connectivity index (χ0) is 16.2. The van der Waals surface area contributed by atoms with E-state index in [2.05, 4.69) is 10.6 Å². The predicted molar refractivity (Wildman–Crippen MR) is 85.4 cm³/mol. The average molecular weight is 306 g/mol. The maximum atomic E-state index is 12.4. The van der Waals surface area contributed by atoms with Gasteiger partial charge in [-0.2, -0.15) is 0 Å². The molecule has 1 aliphatic heterocycles. The van der Waals surface area contributed by atoms with Crippen LogP contribution in [0.1, 0.15) is 21.5 Å². The Labute approximate surface area is 133 Å². The van der Waals surface area contributed by atoms with E-state index in [0.717, 1.165) is 0 Å². The molecule has 5 nitrogen and oxygen atoms in total. The van der Waals surface area contributed by atoms with Crippen molar-refractivity contribution >= 4 is 23.7 Å². The zero-order valence-electron chi connectivity index (χ0n) is 12.2. The highest BCUT2D eigenvalue weighted by Crippen LogP contribution is 2.14. The molecular formula is C18H14N2O3. The number of hydrogen-bond donors (Lipinski definition) is 2. The van der Waals surface area contributed by atoms with Crippen molar-refractivity contribution in [2.45, 2.75) is 0 Å². The molecular weight excluding hydrogens is 292 g/mol. The summed E-state index contributed by atoms with van der Waals surface area (Å²) >= 11 is 0. The number of benzene rings is 2. The molecule has 2 N–H and O–H groups in total. The molecule has 1 fully saturated rings. The summed E-state index contributed by atoms with van der Waals surface area (Å²) in [4.78, 5) is 35.5. The molecule has 0 bridgehead atoms. The monoisotopic (exact) mass is 306 g/mol. The van der Waals surface area contributed by atoms with Gasteiger partial charge in [-0.05, 0) is 17.7 Å². The van der Waals surface area contributed by atoms with Crippen LogP contribution in [0.2, 0.25) is 0 Å². The van der Waals surface area contributed by atoms with Gasteiger partial charge >= 0.3 is 0 Å². The van der Waals surface area contributed by atoms with Crippen LogP contribution in [0.3, 0.4) is 0 Å². The molecule has 1 heterocycles. The number of carbonyl (C=O) groups is 3. The molecule has 0 aromatic heterocycles. The third-order valence-corrected chi connectivity index (χ3v) is 3.42. The van der Waals surface area contributed by atoms with E-state index in [1.54, 1.807) is 54.6 Å². The lowest BCUT2D eigenvalue weighted by atomic mass is 10.0. The number of hydrogen-bond acceptors (Lipinski definition) is 3. The highest BCUT2D eigenvalue weighted by atomic mass is 16.2. The van der Waals surface area contributed by atoms with E-state index >= 15 is 0 Å². The number of rotatable bonds is 3. The molecule has 0 unspecified atom stereocenters. The molecule has 0 aliphatic carbocycles. The Morgan fingerprint density at radius 3 is 2.48 bits per heavy atom. The lowest BCUT2D eigenvalue weighted by Crippen LogP contribution is -2.46. The van der Waals surface area contributed by atoms with Gasteiger partial charge in [0.1, 0.15) is 5.70 Å². The van der Waals surface area contributed by atoms with Gasteiger partial charge in [0.05, 0.1) is 6.54 Å². The lowest BCUT2D eigenvalue weighted by molar-refractivity contribution is -0.127. The minimum Gasteiger partial charge on any atom is -0.342 e. The van der Waals surface area contributed by atoms with Gasteiger partial charge < -0.3 is 10.6 Å². The number of nitrogens with one attached hydrogen (secondary N) is 2. The molecule has 2 aromatic rings. The minimum absolute atomic E-state index is 0.0251. The van der Waals surface area contributed by atoms with E-state index in [0.29, 0.717) is 16.7 Å². The topological polar surface area (TPSA) is 75.3 Å². The molecule has 2 amide bonds. The van der Waals surface area contributed by atoms with Crippen LogP contribution in [0.15, 0.2) is 60.3 Å². The Morgan fingerprint density at radius 1 is 0.957 bits per heavy atom. The van der Waals surface area contributed by atoms with E-state index in [-0.39, 0.29) is 29.8 Å². The van der Waals surface area contributed by atoms with Crippen LogP contribution < -0.4 is 10.6 Å². The van der Waals surface area contributed by atoms with Gasteiger partial charge in [0, 0.05) is 11.1 Å². The number of piperazine rings is 1. The Bertz CT molecular complexity index is 810. The molecule has 5 heteroatoms. The molecule has 1 saturated heterocycles. The first-order chi connectivity index (χ1) is 11.1. The minimum atomic E-state index is -0.343. The van der Waals surface area contributed by atoms with Crippen molar-refractivity contribution in [3.8, 4) is 0 Å². The van der Waals surface area contributed by atoms with Crippen LogP contribution in [-0.2, 0) is 9.59 Å². The first-order valence-corrected chi connectivity index (χ1v) is 7.13. The van der Waals surface area contributed by atoms with Crippen LogP contribution >= 0.6 is 0 Å². The number of ketones is 1. The van der Waals surface area contributed by atoms with E-state index in [1.165, 1.54) is 0 Å². The average Bonchev–Trinajstić information content (AvgIpc) is 2.58. The van der Waals surface area contributed by atoms with Crippen LogP contribution in [0.5, 0.6) is 0 Å². The summed E-state index contributed by atoms with van der Waals surface area (Å²) in [6.07, 6.45) is 1.55. The highest BCUT2D eigenvalue weighted by Gasteiger charge is 2.19. The molecule has 3 rings (SSSR count). The SMILES string of the molecule is O=C1CNC(=O)/C(=C/c2cccc(C(=O)c3ccccc3)c2)N1. The molecule has 0 spiro atoms. The van der Waals surface area contributed by atoms with Crippen molar-refractivity contribution in [2.75, 3.05) is 6.54 Å². The van der Waals surface area contributed by atoms with Gasteiger partial charge in [0.2, 0.25) is 5.91 Å². The van der Waals surface area contributed by atoms with Crippen molar-refractivity contribution in [1.29, 1.82) is 0 Å². The molecule has 2 aromatic carbocycles.